The topological polar surface area (TPSA) is 52.6 Å². The maximum atomic E-state index is 11.3. The SMILES string of the molecule is CCOC(=O)CCCCC(=O)OCCCCCCCl. The second kappa shape index (κ2) is 13.7. The Hall–Kier alpha value is -0.770. The Morgan fingerprint density at radius 1 is 0.842 bits per heavy atom. The molecular formula is C14H25ClO4. The molecule has 5 heteroatoms. The van der Waals surface area contributed by atoms with Crippen molar-refractivity contribution < 1.29 is 19.1 Å². The first-order valence-corrected chi connectivity index (χ1v) is 7.61. The van der Waals surface area contributed by atoms with E-state index in [1.165, 1.54) is 0 Å². The summed E-state index contributed by atoms with van der Waals surface area (Å²) in [6.45, 7) is 2.67. The van der Waals surface area contributed by atoms with Gasteiger partial charge in [0, 0.05) is 18.7 Å². The van der Waals surface area contributed by atoms with E-state index in [9.17, 15) is 9.59 Å². The number of hydrogen-bond acceptors (Lipinski definition) is 4. The van der Waals surface area contributed by atoms with Crippen molar-refractivity contribution in [2.24, 2.45) is 0 Å². The van der Waals surface area contributed by atoms with E-state index in [-0.39, 0.29) is 11.9 Å². The normalized spacial score (nSPS) is 10.2. The molecule has 0 aromatic carbocycles. The molecule has 0 aliphatic rings. The highest BCUT2D eigenvalue weighted by atomic mass is 35.5. The summed E-state index contributed by atoms with van der Waals surface area (Å²) in [7, 11) is 0. The van der Waals surface area contributed by atoms with Gasteiger partial charge in [0.25, 0.3) is 0 Å². The summed E-state index contributed by atoms with van der Waals surface area (Å²) in [5, 5.41) is 0. The van der Waals surface area contributed by atoms with Gasteiger partial charge in [0.05, 0.1) is 13.2 Å². The molecule has 0 spiro atoms. The highest BCUT2D eigenvalue weighted by molar-refractivity contribution is 6.17. The van der Waals surface area contributed by atoms with Gasteiger partial charge in [-0.3, -0.25) is 9.59 Å². The maximum absolute atomic E-state index is 11.3. The van der Waals surface area contributed by atoms with Gasteiger partial charge in [-0.05, 0) is 32.6 Å². The molecule has 0 atom stereocenters. The van der Waals surface area contributed by atoms with Crippen molar-refractivity contribution in [3.63, 3.8) is 0 Å². The quantitative estimate of drug-likeness (QED) is 0.314. The van der Waals surface area contributed by atoms with Gasteiger partial charge >= 0.3 is 11.9 Å². The highest BCUT2D eigenvalue weighted by Crippen LogP contribution is 2.05. The van der Waals surface area contributed by atoms with Crippen molar-refractivity contribution in [1.82, 2.24) is 0 Å². The van der Waals surface area contributed by atoms with Crippen molar-refractivity contribution in [3.05, 3.63) is 0 Å². The lowest BCUT2D eigenvalue weighted by Crippen LogP contribution is -2.07. The van der Waals surface area contributed by atoms with Crippen LogP contribution in [0.25, 0.3) is 0 Å². The maximum Gasteiger partial charge on any atom is 0.305 e. The highest BCUT2D eigenvalue weighted by Gasteiger charge is 2.05. The molecule has 112 valence electrons. The molecule has 0 saturated heterocycles. The van der Waals surface area contributed by atoms with Crippen LogP contribution >= 0.6 is 11.6 Å². The van der Waals surface area contributed by atoms with E-state index in [0.717, 1.165) is 25.7 Å². The molecule has 0 bridgehead atoms. The van der Waals surface area contributed by atoms with Crippen LogP contribution in [0.1, 0.15) is 58.3 Å². The number of hydrogen-bond donors (Lipinski definition) is 0. The van der Waals surface area contributed by atoms with Crippen molar-refractivity contribution in [3.8, 4) is 0 Å². The van der Waals surface area contributed by atoms with E-state index in [2.05, 4.69) is 0 Å². The first-order chi connectivity index (χ1) is 9.20. The number of rotatable bonds is 12. The number of ether oxygens (including phenoxy) is 2. The van der Waals surface area contributed by atoms with Gasteiger partial charge in [0.1, 0.15) is 0 Å². The average Bonchev–Trinajstić information content (AvgIpc) is 2.39. The van der Waals surface area contributed by atoms with E-state index >= 15 is 0 Å². The van der Waals surface area contributed by atoms with E-state index in [1.54, 1.807) is 6.92 Å². The summed E-state index contributed by atoms with van der Waals surface area (Å²) in [6.07, 6.45) is 6.13. The molecule has 0 saturated carbocycles. The van der Waals surface area contributed by atoms with Gasteiger partial charge in [0.15, 0.2) is 0 Å². The Labute approximate surface area is 120 Å². The predicted molar refractivity (Wildman–Crippen MR) is 75.2 cm³/mol. The monoisotopic (exact) mass is 292 g/mol. The van der Waals surface area contributed by atoms with E-state index in [0.29, 0.717) is 44.8 Å². The number of esters is 2. The van der Waals surface area contributed by atoms with E-state index in [4.69, 9.17) is 21.1 Å². The molecule has 0 fully saturated rings. The van der Waals surface area contributed by atoms with Gasteiger partial charge in [-0.15, -0.1) is 11.6 Å². The van der Waals surface area contributed by atoms with Crippen LogP contribution < -0.4 is 0 Å². The van der Waals surface area contributed by atoms with Crippen LogP contribution in [0.4, 0.5) is 0 Å². The lowest BCUT2D eigenvalue weighted by molar-refractivity contribution is -0.145. The largest absolute Gasteiger partial charge is 0.466 e. The van der Waals surface area contributed by atoms with Crippen LogP contribution in [0.3, 0.4) is 0 Å². The first-order valence-electron chi connectivity index (χ1n) is 7.08. The Morgan fingerprint density at radius 3 is 2.00 bits per heavy atom. The number of unbranched alkanes of at least 4 members (excludes halogenated alkanes) is 4. The molecule has 0 radical (unpaired) electrons. The van der Waals surface area contributed by atoms with Gasteiger partial charge in [-0.1, -0.05) is 12.8 Å². The molecular weight excluding hydrogens is 268 g/mol. The minimum absolute atomic E-state index is 0.179. The minimum atomic E-state index is -0.199. The minimum Gasteiger partial charge on any atom is -0.466 e. The van der Waals surface area contributed by atoms with Gasteiger partial charge in [-0.2, -0.15) is 0 Å². The molecule has 0 N–H and O–H groups in total. The molecule has 0 amide bonds. The number of carbonyl (C=O) groups excluding carboxylic acids is 2. The summed E-state index contributed by atoms with van der Waals surface area (Å²) in [5.74, 6) is 0.316. The number of halogens is 1. The van der Waals surface area contributed by atoms with Crippen molar-refractivity contribution >= 4 is 23.5 Å². The Kier molecular flexibility index (Phi) is 13.1. The lowest BCUT2D eigenvalue weighted by atomic mass is 10.2. The standard InChI is InChI=1S/C14H25ClO4/c1-2-18-13(16)9-5-6-10-14(17)19-12-8-4-3-7-11-15/h2-12H2,1H3. The smallest absolute Gasteiger partial charge is 0.305 e. The fourth-order valence-corrected chi connectivity index (χ4v) is 1.77. The van der Waals surface area contributed by atoms with Crippen LogP contribution in [0, 0.1) is 0 Å². The predicted octanol–water partition coefficient (Wildman–Crippen LogP) is 3.45. The lowest BCUT2D eigenvalue weighted by Gasteiger charge is -2.04. The van der Waals surface area contributed by atoms with Crippen LogP contribution in [0.15, 0.2) is 0 Å². The zero-order chi connectivity index (χ0) is 14.3. The first kappa shape index (κ1) is 18.2. The molecule has 0 unspecified atom stereocenters. The average molecular weight is 293 g/mol. The third kappa shape index (κ3) is 13.5. The molecule has 4 nitrogen and oxygen atoms in total. The molecule has 0 aliphatic carbocycles. The van der Waals surface area contributed by atoms with Crippen LogP contribution in [-0.2, 0) is 19.1 Å². The molecule has 0 aromatic heterocycles. The second-order valence-corrected chi connectivity index (χ2v) is 4.71. The van der Waals surface area contributed by atoms with Crippen LogP contribution in [-0.4, -0.2) is 31.0 Å². The Balaban J connectivity index is 3.28. The fraction of sp³-hybridized carbons (Fsp3) is 0.857. The number of carbonyl (C=O) groups is 2. The van der Waals surface area contributed by atoms with Crippen molar-refractivity contribution in [1.29, 1.82) is 0 Å². The summed E-state index contributed by atoms with van der Waals surface area (Å²) in [6, 6.07) is 0. The zero-order valence-corrected chi connectivity index (χ0v) is 12.5. The van der Waals surface area contributed by atoms with Crippen molar-refractivity contribution in [2.45, 2.75) is 58.3 Å². The van der Waals surface area contributed by atoms with Crippen LogP contribution in [0.2, 0.25) is 0 Å². The zero-order valence-electron chi connectivity index (χ0n) is 11.8. The fourth-order valence-electron chi connectivity index (χ4n) is 1.58. The molecule has 19 heavy (non-hydrogen) atoms. The summed E-state index contributed by atoms with van der Waals surface area (Å²) in [5.41, 5.74) is 0. The van der Waals surface area contributed by atoms with E-state index < -0.39 is 0 Å². The molecule has 0 aromatic rings. The second-order valence-electron chi connectivity index (χ2n) is 4.34. The van der Waals surface area contributed by atoms with Gasteiger partial charge in [0.2, 0.25) is 0 Å². The molecule has 0 rings (SSSR count). The van der Waals surface area contributed by atoms with Crippen LogP contribution in [0.5, 0.6) is 0 Å². The summed E-state index contributed by atoms with van der Waals surface area (Å²) in [4.78, 5) is 22.4. The summed E-state index contributed by atoms with van der Waals surface area (Å²) < 4.78 is 9.88. The Bertz CT molecular complexity index is 244. The van der Waals surface area contributed by atoms with Crippen molar-refractivity contribution in [2.75, 3.05) is 19.1 Å². The third-order valence-electron chi connectivity index (χ3n) is 2.61. The third-order valence-corrected chi connectivity index (χ3v) is 2.88. The van der Waals surface area contributed by atoms with Gasteiger partial charge in [-0.25, -0.2) is 0 Å². The number of alkyl halides is 1. The molecule has 0 heterocycles. The van der Waals surface area contributed by atoms with Gasteiger partial charge < -0.3 is 9.47 Å². The summed E-state index contributed by atoms with van der Waals surface area (Å²) >= 11 is 5.56. The van der Waals surface area contributed by atoms with E-state index in [1.807, 2.05) is 0 Å². The Morgan fingerprint density at radius 2 is 1.42 bits per heavy atom. The molecule has 0 aliphatic heterocycles.